The minimum Gasteiger partial charge on any atom is -0.378 e. The number of carbonyl (C=O) groups is 8. The summed E-state index contributed by atoms with van der Waals surface area (Å²) in [5, 5.41) is 9.21. The molecule has 23 heteroatoms. The summed E-state index contributed by atoms with van der Waals surface area (Å²) in [4.78, 5) is 110. The van der Waals surface area contributed by atoms with Gasteiger partial charge in [-0.1, -0.05) is 0 Å². The maximum Gasteiger partial charge on any atom is 0.367 e. The molecule has 2 unspecified atom stereocenters. The summed E-state index contributed by atoms with van der Waals surface area (Å²) in [6.45, 7) is 0. The van der Waals surface area contributed by atoms with Gasteiger partial charge in [-0.15, -0.1) is 15.2 Å². The van der Waals surface area contributed by atoms with Gasteiger partial charge in [0, 0.05) is 25.7 Å². The number of aliphatic hydroxyl groups excluding tert-OH is 1. The van der Waals surface area contributed by atoms with Crippen LogP contribution in [0.1, 0.15) is 32.1 Å². The fourth-order valence-corrected chi connectivity index (χ4v) is 5.61. The number of imide groups is 3. The molecule has 0 aromatic carbocycles. The first kappa shape index (κ1) is 29.7. The molecule has 3 N–H and O–H groups in total. The summed E-state index contributed by atoms with van der Waals surface area (Å²) in [5.41, 5.74) is 0. The lowest BCUT2D eigenvalue weighted by Crippen LogP contribution is -2.55. The average molecular weight is 601 g/mol. The third-order valence-electron chi connectivity index (χ3n) is 5.31. The highest BCUT2D eigenvalue weighted by Gasteiger charge is 2.70. The van der Waals surface area contributed by atoms with Gasteiger partial charge < -0.3 is 14.8 Å². The summed E-state index contributed by atoms with van der Waals surface area (Å²) in [6.07, 6.45) is -9.98. The molecule has 0 bridgehead atoms. The molecule has 0 aromatic rings. The molecule has 0 aliphatic carbocycles. The van der Waals surface area contributed by atoms with Gasteiger partial charge in [-0.3, -0.25) is 37.9 Å². The lowest BCUT2D eigenvalue weighted by molar-refractivity contribution is -0.243. The summed E-state index contributed by atoms with van der Waals surface area (Å²) in [6, 6.07) is 0. The quantitative estimate of drug-likeness (QED) is 0.165. The maximum absolute atomic E-state index is 12.7. The molecule has 0 aromatic heterocycles. The molecule has 214 valence electrons. The van der Waals surface area contributed by atoms with Crippen LogP contribution < -0.4 is 0 Å². The molecule has 39 heavy (non-hydrogen) atoms. The molecule has 3 aliphatic rings. The minimum atomic E-state index is -6.17. The Morgan fingerprint density at radius 3 is 1.44 bits per heavy atom. The zero-order chi connectivity index (χ0) is 29.7. The monoisotopic (exact) mass is 601 g/mol. The second-order valence-corrected chi connectivity index (χ2v) is 11.4. The van der Waals surface area contributed by atoms with Crippen LogP contribution in [-0.4, -0.2) is 110 Å². The van der Waals surface area contributed by atoms with Crippen molar-refractivity contribution in [2.75, 3.05) is 0 Å². The van der Waals surface area contributed by atoms with E-state index >= 15 is 0 Å². The Balaban J connectivity index is 1.97. The van der Waals surface area contributed by atoms with Gasteiger partial charge in [-0.05, 0) is 0 Å². The molecule has 21 nitrogen and oxygen atoms in total. The third-order valence-corrected chi connectivity index (χ3v) is 8.88. The van der Waals surface area contributed by atoms with E-state index in [1.807, 2.05) is 0 Å². The largest absolute Gasteiger partial charge is 0.378 e. The molecule has 6 amide bonds. The number of nitrogens with zero attached hydrogens (tertiary/aromatic N) is 3. The van der Waals surface area contributed by atoms with E-state index < -0.39 is 121 Å². The number of hydrogen-bond donors (Lipinski definition) is 3. The second-order valence-electron chi connectivity index (χ2n) is 7.83. The molecular formula is C16H15N3O18S2. The smallest absolute Gasteiger partial charge is 0.367 e. The van der Waals surface area contributed by atoms with Crippen LogP contribution in [0.15, 0.2) is 0 Å². The van der Waals surface area contributed by atoms with Crippen molar-refractivity contribution < 1.29 is 83.9 Å². The van der Waals surface area contributed by atoms with E-state index in [0.29, 0.717) is 0 Å². The molecule has 0 spiro atoms. The first-order chi connectivity index (χ1) is 17.8. The van der Waals surface area contributed by atoms with Crippen LogP contribution in [0.5, 0.6) is 0 Å². The van der Waals surface area contributed by atoms with E-state index in [1.165, 1.54) is 0 Å². The molecule has 0 radical (unpaired) electrons. The number of carbonyl (C=O) groups excluding carboxylic acids is 8. The van der Waals surface area contributed by atoms with Gasteiger partial charge in [0.1, 0.15) is 0 Å². The molecule has 3 saturated heterocycles. The Labute approximate surface area is 215 Å². The van der Waals surface area contributed by atoms with E-state index in [4.69, 9.17) is 0 Å². The summed E-state index contributed by atoms with van der Waals surface area (Å²) >= 11 is 0. The van der Waals surface area contributed by atoms with Crippen LogP contribution in [0.3, 0.4) is 0 Å². The van der Waals surface area contributed by atoms with Gasteiger partial charge in [0.25, 0.3) is 55.7 Å². The zero-order valence-corrected chi connectivity index (χ0v) is 20.4. The van der Waals surface area contributed by atoms with Crippen LogP contribution in [0.4, 0.5) is 0 Å². The average Bonchev–Trinajstić information content (AvgIpc) is 3.40. The molecular weight excluding hydrogens is 586 g/mol. The van der Waals surface area contributed by atoms with Crippen molar-refractivity contribution in [2.24, 2.45) is 0 Å². The standard InChI is InChI=1S/C16H15N3O18S2/c20-6-1-2-7(21)17(6)36-13(26)11(25)12(14(27)37-18-8(22)3-4-9(18)23)35-19-10(24)5-16(15(19)28,38(29,30)31)39(32,33)34/h11-12,25H,1-5H2,(H,29,30,31)(H,32,33,34). The number of hydrogen-bond acceptors (Lipinski definition) is 16. The number of amides is 6. The Bertz CT molecular complexity index is 1350. The summed E-state index contributed by atoms with van der Waals surface area (Å²) in [5.74, 6) is -13.1. The highest BCUT2D eigenvalue weighted by molar-refractivity contribution is 8.06. The van der Waals surface area contributed by atoms with E-state index in [9.17, 15) is 69.4 Å². The predicted octanol–water partition coefficient (Wildman–Crippen LogP) is -4.91. The van der Waals surface area contributed by atoms with Crippen LogP contribution in [0.2, 0.25) is 0 Å². The van der Waals surface area contributed by atoms with Crippen LogP contribution >= 0.6 is 0 Å². The van der Waals surface area contributed by atoms with E-state index in [1.54, 1.807) is 0 Å². The lowest BCUT2D eigenvalue weighted by atomic mass is 10.2. The van der Waals surface area contributed by atoms with Gasteiger partial charge >= 0.3 is 16.0 Å². The van der Waals surface area contributed by atoms with E-state index in [0.717, 1.165) is 0 Å². The van der Waals surface area contributed by atoms with Crippen molar-refractivity contribution in [3.63, 3.8) is 0 Å². The molecule has 3 rings (SSSR count). The lowest BCUT2D eigenvalue weighted by Gasteiger charge is -2.26. The molecule has 3 aliphatic heterocycles. The predicted molar refractivity (Wildman–Crippen MR) is 108 cm³/mol. The molecule has 0 saturated carbocycles. The van der Waals surface area contributed by atoms with Crippen LogP contribution in [0, 0.1) is 0 Å². The van der Waals surface area contributed by atoms with Crippen molar-refractivity contribution in [1.82, 2.24) is 15.2 Å². The number of aliphatic hydroxyl groups is 1. The van der Waals surface area contributed by atoms with Gasteiger partial charge in [0.05, 0.1) is 6.42 Å². The van der Waals surface area contributed by atoms with Crippen molar-refractivity contribution in [1.29, 1.82) is 0 Å². The Morgan fingerprint density at radius 1 is 0.692 bits per heavy atom. The van der Waals surface area contributed by atoms with Crippen LogP contribution in [-0.2, 0) is 73.1 Å². The number of rotatable bonds is 9. The maximum atomic E-state index is 12.7. The Hall–Kier alpha value is -3.90. The van der Waals surface area contributed by atoms with E-state index in [-0.39, 0.29) is 10.1 Å². The van der Waals surface area contributed by atoms with Gasteiger partial charge in [-0.25, -0.2) is 14.4 Å². The van der Waals surface area contributed by atoms with Gasteiger partial charge in [0.2, 0.25) is 6.10 Å². The minimum absolute atomic E-state index is 0.130. The molecule has 3 heterocycles. The highest BCUT2D eigenvalue weighted by atomic mass is 32.3. The summed E-state index contributed by atoms with van der Waals surface area (Å²) < 4.78 is 61.2. The van der Waals surface area contributed by atoms with Crippen molar-refractivity contribution in [3.05, 3.63) is 0 Å². The first-order valence-electron chi connectivity index (χ1n) is 10.1. The van der Waals surface area contributed by atoms with Gasteiger partial charge in [0.15, 0.2) is 6.10 Å². The fraction of sp³-hybridized carbons (Fsp3) is 0.500. The first-order valence-corrected chi connectivity index (χ1v) is 13.0. The summed E-state index contributed by atoms with van der Waals surface area (Å²) in [7, 11) is -12.3. The van der Waals surface area contributed by atoms with Crippen molar-refractivity contribution in [2.45, 2.75) is 48.4 Å². The third kappa shape index (κ3) is 5.09. The van der Waals surface area contributed by atoms with Gasteiger partial charge in [-0.2, -0.15) is 16.8 Å². The number of hydroxylamine groups is 6. The van der Waals surface area contributed by atoms with Crippen molar-refractivity contribution >= 4 is 67.6 Å². The normalized spacial score (nSPS) is 21.6. The highest BCUT2D eigenvalue weighted by Crippen LogP contribution is 2.37. The fourth-order valence-electron chi connectivity index (χ4n) is 3.33. The van der Waals surface area contributed by atoms with E-state index in [2.05, 4.69) is 14.5 Å². The SMILES string of the molecule is O=C(ON1C(=O)CCC1=O)C(O)C(ON1C(=O)CC(S(=O)(=O)O)(S(=O)(=O)O)C1=O)C(=O)ON1C(=O)CCC1=O. The Kier molecular flexibility index (Phi) is 7.61. The topological polar surface area (TPSA) is 303 Å². The zero-order valence-electron chi connectivity index (χ0n) is 18.8. The van der Waals surface area contributed by atoms with Crippen LogP contribution in [0.25, 0.3) is 0 Å². The Morgan fingerprint density at radius 2 is 1.08 bits per heavy atom. The second kappa shape index (κ2) is 10.0. The molecule has 2 atom stereocenters. The molecule has 3 fully saturated rings. The van der Waals surface area contributed by atoms with Crippen molar-refractivity contribution in [3.8, 4) is 0 Å².